The zero-order valence-electron chi connectivity index (χ0n) is 22.8. The molecule has 2 aliphatic carbocycles. The Kier molecular flexibility index (Phi) is 7.84. The molecule has 204 valence electrons. The first kappa shape index (κ1) is 27.4. The fourth-order valence-electron chi connectivity index (χ4n) is 5.94. The van der Waals surface area contributed by atoms with E-state index < -0.39 is 5.92 Å². The molecule has 3 aliphatic rings. The van der Waals surface area contributed by atoms with Crippen LogP contribution in [0.1, 0.15) is 61.1 Å². The summed E-state index contributed by atoms with van der Waals surface area (Å²) < 4.78 is 12.4. The number of carbonyl (C=O) groups is 3. The standard InChI is InChI=1S/C31H33IN2O5/c1-17-8-5-9-21(18(17)2)33-27(37)16-39-31-20(32)14-19(15-26(31)38-4)28-29-22(10-6-12-24(29)35)34(3)23-11-7-13-25(36)30(23)28/h5,8-9,14-15,28H,6-7,10-13,16H2,1-4H3,(H,33,37). The van der Waals surface area contributed by atoms with Gasteiger partial charge in [0.2, 0.25) is 0 Å². The summed E-state index contributed by atoms with van der Waals surface area (Å²) in [7, 11) is 3.54. The van der Waals surface area contributed by atoms with Gasteiger partial charge in [-0.05, 0) is 97.0 Å². The van der Waals surface area contributed by atoms with E-state index in [1.165, 1.54) is 0 Å². The monoisotopic (exact) mass is 640 g/mol. The van der Waals surface area contributed by atoms with Crippen molar-refractivity contribution in [1.29, 1.82) is 0 Å². The Bertz CT molecular complexity index is 1400. The number of amides is 1. The third-order valence-electron chi connectivity index (χ3n) is 8.06. The third kappa shape index (κ3) is 5.11. The Morgan fingerprint density at radius 3 is 2.28 bits per heavy atom. The summed E-state index contributed by atoms with van der Waals surface area (Å²) >= 11 is 2.17. The summed E-state index contributed by atoms with van der Waals surface area (Å²) in [6.45, 7) is 3.78. The van der Waals surface area contributed by atoms with Crippen LogP contribution in [0.2, 0.25) is 0 Å². The summed E-state index contributed by atoms with van der Waals surface area (Å²) in [6.07, 6.45) is 4.27. The number of nitrogens with one attached hydrogen (secondary N) is 1. The second kappa shape index (κ2) is 11.2. The third-order valence-corrected chi connectivity index (χ3v) is 8.86. The molecule has 0 atom stereocenters. The maximum atomic E-state index is 13.3. The van der Waals surface area contributed by atoms with Gasteiger partial charge in [-0.2, -0.15) is 0 Å². The van der Waals surface area contributed by atoms with Crippen molar-refractivity contribution in [3.63, 3.8) is 0 Å². The van der Waals surface area contributed by atoms with Gasteiger partial charge in [-0.3, -0.25) is 14.4 Å². The van der Waals surface area contributed by atoms with Crippen molar-refractivity contribution in [3.8, 4) is 11.5 Å². The molecule has 5 rings (SSSR count). The molecule has 2 aromatic rings. The lowest BCUT2D eigenvalue weighted by atomic mass is 9.71. The molecular formula is C31H33IN2O5. The number of halogens is 1. The van der Waals surface area contributed by atoms with Crippen LogP contribution in [-0.2, 0) is 14.4 Å². The van der Waals surface area contributed by atoms with Crippen LogP contribution in [-0.4, -0.2) is 43.1 Å². The minimum atomic E-state index is -0.420. The highest BCUT2D eigenvalue weighted by Gasteiger charge is 2.42. The van der Waals surface area contributed by atoms with E-state index in [9.17, 15) is 14.4 Å². The van der Waals surface area contributed by atoms with Gasteiger partial charge in [-0.1, -0.05) is 12.1 Å². The second-order valence-corrected chi connectivity index (χ2v) is 11.5. The van der Waals surface area contributed by atoms with Crippen molar-refractivity contribution in [1.82, 2.24) is 4.90 Å². The van der Waals surface area contributed by atoms with E-state index in [4.69, 9.17) is 9.47 Å². The molecule has 1 amide bonds. The molecule has 1 heterocycles. The highest BCUT2D eigenvalue weighted by molar-refractivity contribution is 14.1. The van der Waals surface area contributed by atoms with Gasteiger partial charge in [0, 0.05) is 54.0 Å². The normalized spacial score (nSPS) is 17.7. The van der Waals surface area contributed by atoms with Crippen LogP contribution in [0.25, 0.3) is 0 Å². The number of allylic oxidation sites excluding steroid dienone is 4. The largest absolute Gasteiger partial charge is 0.493 e. The van der Waals surface area contributed by atoms with Gasteiger partial charge < -0.3 is 19.7 Å². The predicted octanol–water partition coefficient (Wildman–Crippen LogP) is 5.98. The molecule has 0 aromatic heterocycles. The van der Waals surface area contributed by atoms with Crippen molar-refractivity contribution >= 4 is 45.8 Å². The Labute approximate surface area is 242 Å². The average Bonchev–Trinajstić information content (AvgIpc) is 2.91. The minimum absolute atomic E-state index is 0.107. The zero-order chi connectivity index (χ0) is 27.8. The highest BCUT2D eigenvalue weighted by Crippen LogP contribution is 2.50. The van der Waals surface area contributed by atoms with Crippen LogP contribution in [0, 0.1) is 17.4 Å². The molecule has 0 unspecified atom stereocenters. The lowest BCUT2D eigenvalue weighted by Crippen LogP contribution is -2.37. The van der Waals surface area contributed by atoms with E-state index in [1.54, 1.807) is 7.11 Å². The first-order valence-corrected chi connectivity index (χ1v) is 14.4. The molecule has 2 aromatic carbocycles. The predicted molar refractivity (Wildman–Crippen MR) is 158 cm³/mol. The van der Waals surface area contributed by atoms with Crippen LogP contribution in [0.5, 0.6) is 11.5 Å². The molecule has 0 radical (unpaired) electrons. The molecule has 7 nitrogen and oxygen atoms in total. The van der Waals surface area contributed by atoms with Crippen LogP contribution in [0.3, 0.4) is 0 Å². The summed E-state index contributed by atoms with van der Waals surface area (Å²) in [5.41, 5.74) is 7.22. The number of rotatable bonds is 6. The van der Waals surface area contributed by atoms with Gasteiger partial charge in [0.05, 0.1) is 10.7 Å². The average molecular weight is 641 g/mol. The van der Waals surface area contributed by atoms with Crippen LogP contribution >= 0.6 is 22.6 Å². The van der Waals surface area contributed by atoms with Gasteiger partial charge in [0.25, 0.3) is 5.91 Å². The minimum Gasteiger partial charge on any atom is -0.493 e. The number of benzene rings is 2. The quantitative estimate of drug-likeness (QED) is 0.392. The van der Waals surface area contributed by atoms with Crippen molar-refractivity contribution in [3.05, 3.63) is 73.1 Å². The van der Waals surface area contributed by atoms with E-state index in [0.717, 1.165) is 74.2 Å². The smallest absolute Gasteiger partial charge is 0.262 e. The molecule has 8 heteroatoms. The Morgan fingerprint density at radius 2 is 1.67 bits per heavy atom. The van der Waals surface area contributed by atoms with Gasteiger partial charge in [-0.15, -0.1) is 0 Å². The van der Waals surface area contributed by atoms with Crippen molar-refractivity contribution < 1.29 is 23.9 Å². The fourth-order valence-corrected chi connectivity index (χ4v) is 6.72. The van der Waals surface area contributed by atoms with Gasteiger partial charge in [0.15, 0.2) is 29.7 Å². The maximum Gasteiger partial charge on any atom is 0.262 e. The Balaban J connectivity index is 1.47. The number of ketones is 2. The van der Waals surface area contributed by atoms with Crippen LogP contribution < -0.4 is 14.8 Å². The van der Waals surface area contributed by atoms with Crippen molar-refractivity contribution in [2.45, 2.75) is 58.3 Å². The molecular weight excluding hydrogens is 607 g/mol. The first-order chi connectivity index (χ1) is 18.7. The van der Waals surface area contributed by atoms with Crippen LogP contribution in [0.4, 0.5) is 5.69 Å². The highest BCUT2D eigenvalue weighted by atomic mass is 127. The van der Waals surface area contributed by atoms with E-state index in [1.807, 2.05) is 51.2 Å². The maximum absolute atomic E-state index is 13.3. The number of hydrogen-bond donors (Lipinski definition) is 1. The fraction of sp³-hybridized carbons (Fsp3) is 0.387. The van der Waals surface area contributed by atoms with E-state index >= 15 is 0 Å². The SMILES string of the molecule is COc1cc(C2C3=C(CCCC3=O)N(C)C3=C2C(=O)CCC3)cc(I)c1OCC(=O)Nc1cccc(C)c1C. The van der Waals surface area contributed by atoms with Crippen molar-refractivity contribution in [2.24, 2.45) is 0 Å². The lowest BCUT2D eigenvalue weighted by Gasteiger charge is -2.42. The number of aryl methyl sites for hydroxylation is 1. The summed E-state index contributed by atoms with van der Waals surface area (Å²) in [5.74, 6) is 0.443. The number of methoxy groups -OCH3 is 1. The number of hydrogen-bond acceptors (Lipinski definition) is 6. The molecule has 0 spiro atoms. The number of carbonyl (C=O) groups excluding carboxylic acids is 3. The molecule has 1 aliphatic heterocycles. The first-order valence-electron chi connectivity index (χ1n) is 13.3. The van der Waals surface area contributed by atoms with E-state index in [-0.39, 0.29) is 24.1 Å². The van der Waals surface area contributed by atoms with Gasteiger partial charge in [-0.25, -0.2) is 0 Å². The Morgan fingerprint density at radius 1 is 1.03 bits per heavy atom. The van der Waals surface area contributed by atoms with E-state index in [2.05, 4.69) is 32.8 Å². The molecule has 39 heavy (non-hydrogen) atoms. The number of anilines is 1. The summed E-state index contributed by atoms with van der Waals surface area (Å²) in [4.78, 5) is 41.4. The van der Waals surface area contributed by atoms with Crippen molar-refractivity contribution in [2.75, 3.05) is 26.1 Å². The number of Topliss-reactive ketones (excluding diaryl/α,β-unsaturated/α-hetero) is 2. The lowest BCUT2D eigenvalue weighted by molar-refractivity contribution is -0.118. The molecule has 0 bridgehead atoms. The molecule has 1 N–H and O–H groups in total. The second-order valence-electron chi connectivity index (χ2n) is 10.4. The topological polar surface area (TPSA) is 84.9 Å². The molecule has 0 saturated carbocycles. The van der Waals surface area contributed by atoms with Gasteiger partial charge in [0.1, 0.15) is 0 Å². The number of ether oxygens (including phenoxy) is 2. The van der Waals surface area contributed by atoms with Crippen LogP contribution in [0.15, 0.2) is 52.9 Å². The van der Waals surface area contributed by atoms with E-state index in [0.29, 0.717) is 24.3 Å². The zero-order valence-corrected chi connectivity index (χ0v) is 24.9. The number of nitrogens with zero attached hydrogens (tertiary/aromatic N) is 1. The summed E-state index contributed by atoms with van der Waals surface area (Å²) in [6, 6.07) is 9.58. The summed E-state index contributed by atoms with van der Waals surface area (Å²) in [5, 5.41) is 2.92. The Hall–Kier alpha value is -3.14. The molecule has 0 saturated heterocycles. The molecule has 0 fully saturated rings. The van der Waals surface area contributed by atoms with Gasteiger partial charge >= 0.3 is 0 Å².